The normalized spacial score (nSPS) is 14.0. The van der Waals surface area contributed by atoms with Gasteiger partial charge in [0.25, 0.3) is 0 Å². The average Bonchev–Trinajstić information content (AvgIpc) is 2.49. The van der Waals surface area contributed by atoms with Crippen molar-refractivity contribution in [3.05, 3.63) is 54.6 Å². The molecule has 0 saturated carbocycles. The van der Waals surface area contributed by atoms with E-state index in [9.17, 15) is 0 Å². The fourth-order valence-electron chi connectivity index (χ4n) is 2.25. The highest BCUT2D eigenvalue weighted by Gasteiger charge is 2.16. The summed E-state index contributed by atoms with van der Waals surface area (Å²) >= 11 is 1.94. The molecule has 19 heavy (non-hydrogen) atoms. The Labute approximate surface area is 118 Å². The maximum absolute atomic E-state index is 5.78. The van der Waals surface area contributed by atoms with Crippen molar-refractivity contribution in [1.29, 1.82) is 0 Å². The zero-order valence-corrected chi connectivity index (χ0v) is 11.6. The lowest BCUT2D eigenvalue weighted by Crippen LogP contribution is -2.32. The van der Waals surface area contributed by atoms with Gasteiger partial charge >= 0.3 is 0 Å². The van der Waals surface area contributed by atoms with Crippen LogP contribution >= 0.6 is 11.8 Å². The third kappa shape index (κ3) is 3.04. The molecule has 0 radical (unpaired) electrons. The zero-order chi connectivity index (χ0) is 12.9. The molecule has 1 heterocycles. The minimum absolute atomic E-state index is 0.725. The van der Waals surface area contributed by atoms with Crippen molar-refractivity contribution in [3.8, 4) is 5.75 Å². The van der Waals surface area contributed by atoms with E-state index < -0.39 is 0 Å². The average molecular weight is 271 g/mol. The van der Waals surface area contributed by atoms with Crippen LogP contribution in [0.1, 0.15) is 0 Å². The van der Waals surface area contributed by atoms with Gasteiger partial charge in [0.05, 0.1) is 12.2 Å². The Balaban J connectivity index is 1.59. The molecular formula is C16H17NOS. The topological polar surface area (TPSA) is 12.5 Å². The fourth-order valence-corrected chi connectivity index (χ4v) is 3.30. The molecule has 3 heteroatoms. The molecule has 2 nitrogen and oxygen atoms in total. The van der Waals surface area contributed by atoms with E-state index in [1.807, 2.05) is 42.1 Å². The lowest BCUT2D eigenvalue weighted by Gasteiger charge is -2.30. The summed E-state index contributed by atoms with van der Waals surface area (Å²) in [6.07, 6.45) is 0. The molecule has 0 aromatic heterocycles. The molecule has 0 amide bonds. The third-order valence-electron chi connectivity index (χ3n) is 3.20. The first-order valence-electron chi connectivity index (χ1n) is 6.58. The first kappa shape index (κ1) is 12.4. The maximum atomic E-state index is 5.78. The Kier molecular flexibility index (Phi) is 3.94. The molecule has 1 aliphatic heterocycles. The Hall–Kier alpha value is -1.61. The number of para-hydroxylation sites is 2. The van der Waals surface area contributed by atoms with Crippen LogP contribution < -0.4 is 9.64 Å². The van der Waals surface area contributed by atoms with Crippen LogP contribution in [0.15, 0.2) is 59.5 Å². The molecule has 0 bridgehead atoms. The largest absolute Gasteiger partial charge is 0.492 e. The first-order valence-corrected chi connectivity index (χ1v) is 7.57. The summed E-state index contributed by atoms with van der Waals surface area (Å²) in [5.74, 6) is 2.10. The second-order valence-corrected chi connectivity index (χ2v) is 5.60. The number of benzene rings is 2. The number of ether oxygens (including phenoxy) is 1. The van der Waals surface area contributed by atoms with Gasteiger partial charge in [-0.25, -0.2) is 0 Å². The number of rotatable bonds is 4. The van der Waals surface area contributed by atoms with Crippen LogP contribution in [0.5, 0.6) is 5.75 Å². The van der Waals surface area contributed by atoms with Crippen LogP contribution in [0, 0.1) is 0 Å². The van der Waals surface area contributed by atoms with E-state index in [1.54, 1.807) is 0 Å². The molecule has 3 rings (SSSR count). The highest BCUT2D eigenvalue weighted by atomic mass is 32.2. The Morgan fingerprint density at radius 1 is 1.00 bits per heavy atom. The molecule has 0 fully saturated rings. The van der Waals surface area contributed by atoms with Crippen LogP contribution in [0.3, 0.4) is 0 Å². The standard InChI is InChI=1S/C16H17NOS/c1-2-6-14(7-3-1)18-12-10-17-11-13-19-16-9-5-4-8-15(16)17/h1-9H,10-13H2. The monoisotopic (exact) mass is 271 g/mol. The van der Waals surface area contributed by atoms with E-state index in [1.165, 1.54) is 10.6 Å². The number of nitrogens with zero attached hydrogens (tertiary/aromatic N) is 1. The minimum atomic E-state index is 0.725. The van der Waals surface area contributed by atoms with E-state index >= 15 is 0 Å². The van der Waals surface area contributed by atoms with Crippen molar-refractivity contribution in [2.75, 3.05) is 30.3 Å². The van der Waals surface area contributed by atoms with Crippen LogP contribution in [0.2, 0.25) is 0 Å². The highest BCUT2D eigenvalue weighted by molar-refractivity contribution is 7.99. The van der Waals surface area contributed by atoms with Crippen LogP contribution in [0.4, 0.5) is 5.69 Å². The molecule has 2 aromatic carbocycles. The van der Waals surface area contributed by atoms with E-state index in [-0.39, 0.29) is 0 Å². The van der Waals surface area contributed by atoms with Gasteiger partial charge in [0.1, 0.15) is 12.4 Å². The lowest BCUT2D eigenvalue weighted by molar-refractivity contribution is 0.324. The second-order valence-electron chi connectivity index (χ2n) is 4.46. The maximum Gasteiger partial charge on any atom is 0.119 e. The van der Waals surface area contributed by atoms with Crippen molar-refractivity contribution < 1.29 is 4.74 Å². The molecule has 0 saturated heterocycles. The molecule has 0 atom stereocenters. The predicted molar refractivity (Wildman–Crippen MR) is 81.3 cm³/mol. The Morgan fingerprint density at radius 3 is 2.68 bits per heavy atom. The van der Waals surface area contributed by atoms with Gasteiger partial charge < -0.3 is 9.64 Å². The molecule has 0 unspecified atom stereocenters. The SMILES string of the molecule is c1ccc(OCCN2CCSc3ccccc32)cc1. The van der Waals surface area contributed by atoms with Gasteiger partial charge in [0.2, 0.25) is 0 Å². The fraction of sp³-hybridized carbons (Fsp3) is 0.250. The van der Waals surface area contributed by atoms with Gasteiger partial charge in [-0.3, -0.25) is 0 Å². The molecular weight excluding hydrogens is 254 g/mol. The van der Waals surface area contributed by atoms with Crippen molar-refractivity contribution in [1.82, 2.24) is 0 Å². The predicted octanol–water partition coefficient (Wildman–Crippen LogP) is 3.68. The summed E-state index contributed by atoms with van der Waals surface area (Å²) in [4.78, 5) is 3.79. The summed E-state index contributed by atoms with van der Waals surface area (Å²) in [6.45, 7) is 2.76. The smallest absolute Gasteiger partial charge is 0.119 e. The molecule has 2 aromatic rings. The Morgan fingerprint density at radius 2 is 1.79 bits per heavy atom. The van der Waals surface area contributed by atoms with Crippen molar-refractivity contribution in [2.45, 2.75) is 4.90 Å². The van der Waals surface area contributed by atoms with Gasteiger partial charge in [0, 0.05) is 17.2 Å². The first-order chi connectivity index (χ1) is 9.43. The van der Waals surface area contributed by atoms with Crippen LogP contribution in [-0.4, -0.2) is 25.4 Å². The van der Waals surface area contributed by atoms with Crippen molar-refractivity contribution in [2.24, 2.45) is 0 Å². The molecule has 98 valence electrons. The number of anilines is 1. The van der Waals surface area contributed by atoms with E-state index in [0.717, 1.165) is 31.2 Å². The third-order valence-corrected chi connectivity index (χ3v) is 4.24. The Bertz CT molecular complexity index is 529. The molecule has 0 aliphatic carbocycles. The lowest BCUT2D eigenvalue weighted by atomic mass is 10.3. The van der Waals surface area contributed by atoms with E-state index in [2.05, 4.69) is 29.2 Å². The molecule has 0 spiro atoms. The van der Waals surface area contributed by atoms with E-state index in [0.29, 0.717) is 0 Å². The number of hydrogen-bond acceptors (Lipinski definition) is 3. The van der Waals surface area contributed by atoms with Crippen molar-refractivity contribution in [3.63, 3.8) is 0 Å². The van der Waals surface area contributed by atoms with Gasteiger partial charge in [-0.1, -0.05) is 30.3 Å². The van der Waals surface area contributed by atoms with Gasteiger partial charge in [0.15, 0.2) is 0 Å². The van der Waals surface area contributed by atoms with Gasteiger partial charge in [-0.2, -0.15) is 0 Å². The quantitative estimate of drug-likeness (QED) is 0.841. The summed E-state index contributed by atoms with van der Waals surface area (Å²) in [6, 6.07) is 18.6. The van der Waals surface area contributed by atoms with Gasteiger partial charge in [-0.15, -0.1) is 11.8 Å². The number of thioether (sulfide) groups is 1. The van der Waals surface area contributed by atoms with E-state index in [4.69, 9.17) is 4.74 Å². The zero-order valence-electron chi connectivity index (χ0n) is 10.8. The molecule has 1 aliphatic rings. The second kappa shape index (κ2) is 6.02. The summed E-state index contributed by atoms with van der Waals surface area (Å²) < 4.78 is 5.78. The number of hydrogen-bond donors (Lipinski definition) is 0. The summed E-state index contributed by atoms with van der Waals surface area (Å²) in [5, 5.41) is 0. The number of fused-ring (bicyclic) bond motifs is 1. The van der Waals surface area contributed by atoms with Crippen LogP contribution in [-0.2, 0) is 0 Å². The van der Waals surface area contributed by atoms with Crippen LogP contribution in [0.25, 0.3) is 0 Å². The minimum Gasteiger partial charge on any atom is -0.492 e. The van der Waals surface area contributed by atoms with Gasteiger partial charge in [-0.05, 0) is 24.3 Å². The van der Waals surface area contributed by atoms with Crippen molar-refractivity contribution >= 4 is 17.4 Å². The summed E-state index contributed by atoms with van der Waals surface area (Å²) in [7, 11) is 0. The summed E-state index contributed by atoms with van der Waals surface area (Å²) in [5.41, 5.74) is 1.34. The molecule has 0 N–H and O–H groups in total. The highest BCUT2D eigenvalue weighted by Crippen LogP contribution is 2.33.